The molecule has 0 aromatic heterocycles. The smallest absolute Gasteiger partial charge is 0.112 e. The predicted molar refractivity (Wildman–Crippen MR) is 229 cm³/mol. The molecular formula is C32H5B17. The highest BCUT2D eigenvalue weighted by Gasteiger charge is 2.28. The molecule has 0 N–H and O–H groups in total. The van der Waals surface area contributed by atoms with Crippen molar-refractivity contribution in [2.75, 3.05) is 0 Å². The van der Waals surface area contributed by atoms with Gasteiger partial charge in [-0.3, -0.25) is 0 Å². The molecule has 0 unspecified atom stereocenters. The van der Waals surface area contributed by atoms with Gasteiger partial charge in [0, 0.05) is 0 Å². The molecule has 184 valence electrons. The van der Waals surface area contributed by atoms with E-state index in [9.17, 15) is 0 Å². The van der Waals surface area contributed by atoms with E-state index < -0.39 is 0 Å². The molecule has 0 saturated carbocycles. The van der Waals surface area contributed by atoms with Crippen molar-refractivity contribution in [2.45, 2.75) is 0 Å². The van der Waals surface area contributed by atoms with Gasteiger partial charge in [0.1, 0.15) is 133 Å². The third-order valence-electron chi connectivity index (χ3n) is 9.24. The lowest BCUT2D eigenvalue weighted by Gasteiger charge is -2.32. The Labute approximate surface area is 310 Å². The Morgan fingerprint density at radius 2 is 0.429 bits per heavy atom. The number of benzene rings is 6. The van der Waals surface area contributed by atoms with E-state index in [1.807, 2.05) is 30.3 Å². The van der Waals surface area contributed by atoms with Crippen LogP contribution in [0.15, 0.2) is 30.3 Å². The van der Waals surface area contributed by atoms with Gasteiger partial charge in [-0.05, 0) is 54.9 Å². The van der Waals surface area contributed by atoms with Gasteiger partial charge in [-0.25, -0.2) is 0 Å². The summed E-state index contributed by atoms with van der Waals surface area (Å²) in [5, 5.41) is 0.595. The average Bonchev–Trinajstić information content (AvgIpc) is 3.09. The highest BCUT2D eigenvalue weighted by Crippen LogP contribution is 2.38. The topological polar surface area (TPSA) is 0 Å². The van der Waals surface area contributed by atoms with Gasteiger partial charge >= 0.3 is 0 Å². The summed E-state index contributed by atoms with van der Waals surface area (Å²) in [6, 6.07) is 9.09. The fourth-order valence-corrected chi connectivity index (χ4v) is 6.58. The van der Waals surface area contributed by atoms with E-state index in [1.54, 1.807) is 0 Å². The summed E-state index contributed by atoms with van der Waals surface area (Å²) >= 11 is 0. The van der Waals surface area contributed by atoms with Gasteiger partial charge in [0.05, 0.1) is 0 Å². The minimum atomic E-state index is -0.0700. The van der Waals surface area contributed by atoms with E-state index in [1.165, 1.54) is 0 Å². The fourth-order valence-electron chi connectivity index (χ4n) is 6.58. The van der Waals surface area contributed by atoms with Crippen LogP contribution in [0, 0.1) is 0 Å². The van der Waals surface area contributed by atoms with Gasteiger partial charge in [0.15, 0.2) is 0 Å². The second-order valence-electron chi connectivity index (χ2n) is 11.8. The Hall–Kier alpha value is -3.06. The first-order valence-electron chi connectivity index (χ1n) is 14.6. The van der Waals surface area contributed by atoms with Crippen LogP contribution in [0.5, 0.6) is 0 Å². The van der Waals surface area contributed by atoms with Crippen molar-refractivity contribution in [1.29, 1.82) is 0 Å². The van der Waals surface area contributed by atoms with Crippen LogP contribution in [0.4, 0.5) is 0 Å². The van der Waals surface area contributed by atoms with Crippen LogP contribution in [0.2, 0.25) is 0 Å². The van der Waals surface area contributed by atoms with Crippen LogP contribution in [-0.4, -0.2) is 133 Å². The number of fused-ring (bicyclic) bond motifs is 2. The van der Waals surface area contributed by atoms with Crippen molar-refractivity contribution in [1.82, 2.24) is 0 Å². The molecule has 0 amide bonds. The highest BCUT2D eigenvalue weighted by atomic mass is 14.3. The molecule has 6 rings (SSSR count). The van der Waals surface area contributed by atoms with Crippen molar-refractivity contribution in [3.8, 4) is 33.4 Å². The van der Waals surface area contributed by atoms with E-state index in [-0.39, 0.29) is 137 Å². The molecule has 17 heteroatoms. The summed E-state index contributed by atoms with van der Waals surface area (Å²) in [7, 11) is 112. The average molecular weight is 573 g/mol. The second-order valence-corrected chi connectivity index (χ2v) is 11.8. The Morgan fingerprint density at radius 3 is 0.735 bits per heavy atom. The maximum absolute atomic E-state index is 6.87. The van der Waals surface area contributed by atoms with E-state index in [2.05, 4.69) is 0 Å². The van der Waals surface area contributed by atoms with Crippen molar-refractivity contribution in [3.05, 3.63) is 30.3 Å². The standard InChI is InChI=1S/C32H5B17/c33-16-7(6-4-2-1-3-5-6)17(34)23(40)14(22(16)39)8-10-12(20(37)28(45)26(43)18(10)35)9(13-11(8)19(36)27(44)29(46)21(13)38)15-24(41)30(47)32(49)31(48)25(15)42/h1-5H. The van der Waals surface area contributed by atoms with Crippen molar-refractivity contribution >= 4 is 248 Å². The Bertz CT molecular complexity index is 2310. The van der Waals surface area contributed by atoms with E-state index in [4.69, 9.17) is 133 Å². The molecule has 6 aromatic carbocycles. The molecule has 6 aromatic rings. The molecular weight excluding hydrogens is 568 g/mol. The van der Waals surface area contributed by atoms with E-state index in [0.29, 0.717) is 11.1 Å². The molecule has 0 atom stereocenters. The first kappa shape index (κ1) is 35.8. The molecule has 34 radical (unpaired) electrons. The number of hydrogen-bond donors (Lipinski definition) is 0. The zero-order valence-corrected chi connectivity index (χ0v) is 26.2. The van der Waals surface area contributed by atoms with Crippen LogP contribution in [0.1, 0.15) is 0 Å². The lowest BCUT2D eigenvalue weighted by molar-refractivity contribution is 1.69. The molecule has 0 aliphatic heterocycles. The largest absolute Gasteiger partial charge is 0.113 e. The summed E-state index contributed by atoms with van der Waals surface area (Å²) in [6.45, 7) is 0. The maximum Gasteiger partial charge on any atom is 0.113 e. The van der Waals surface area contributed by atoms with Gasteiger partial charge in [-0.15, -0.1) is 38.2 Å². The molecule has 0 spiro atoms. The molecule has 0 heterocycles. The molecule has 0 saturated heterocycles. The van der Waals surface area contributed by atoms with Gasteiger partial charge < -0.3 is 0 Å². The lowest BCUT2D eigenvalue weighted by Crippen LogP contribution is -2.55. The van der Waals surface area contributed by atoms with Crippen LogP contribution < -0.4 is 92.9 Å². The third-order valence-corrected chi connectivity index (χ3v) is 9.24. The van der Waals surface area contributed by atoms with Gasteiger partial charge in [0.25, 0.3) is 0 Å². The Kier molecular flexibility index (Phi) is 9.21. The van der Waals surface area contributed by atoms with Gasteiger partial charge in [-0.1, -0.05) is 85.0 Å². The van der Waals surface area contributed by atoms with Gasteiger partial charge in [0.2, 0.25) is 0 Å². The third kappa shape index (κ3) is 4.99. The molecule has 0 fully saturated rings. The first-order chi connectivity index (χ1) is 23.0. The second kappa shape index (κ2) is 12.6. The summed E-state index contributed by atoms with van der Waals surface area (Å²) in [6.07, 6.45) is 0. The predicted octanol–water partition coefficient (Wildman–Crippen LogP) is -11.5. The van der Waals surface area contributed by atoms with Gasteiger partial charge in [-0.2, -0.15) is 0 Å². The summed E-state index contributed by atoms with van der Waals surface area (Å²) in [4.78, 5) is 0. The van der Waals surface area contributed by atoms with Crippen LogP contribution >= 0.6 is 0 Å². The number of hydrogen-bond acceptors (Lipinski definition) is 0. The monoisotopic (exact) mass is 576 g/mol. The normalized spacial score (nSPS) is 11.4. The highest BCUT2D eigenvalue weighted by molar-refractivity contribution is 6.74. The zero-order chi connectivity index (χ0) is 36.1. The van der Waals surface area contributed by atoms with Crippen LogP contribution in [-0.2, 0) is 0 Å². The van der Waals surface area contributed by atoms with E-state index >= 15 is 0 Å². The quantitative estimate of drug-likeness (QED) is 0.146. The SMILES string of the molecule is [B]c1c([B])c([B])c(-c2c3c([B])c([B])c([B])c([B])c3c(-c3c([B])c([B])c(-c4ccccc4)c([B])c3[B])c3c([B])c([B])c([B])c([B])c23)c([B])c1[B]. The molecule has 0 aliphatic rings. The van der Waals surface area contributed by atoms with Crippen molar-refractivity contribution in [3.63, 3.8) is 0 Å². The minimum absolute atomic E-state index is 0.0163. The van der Waals surface area contributed by atoms with Crippen LogP contribution in [0.25, 0.3) is 54.9 Å². The maximum atomic E-state index is 6.87. The summed E-state index contributed by atoms with van der Waals surface area (Å²) < 4.78 is 0. The molecule has 0 aliphatic carbocycles. The summed E-state index contributed by atoms with van der Waals surface area (Å²) in [5.74, 6) is 0. The molecule has 0 nitrogen and oxygen atoms in total. The van der Waals surface area contributed by atoms with E-state index in [0.717, 1.165) is 0 Å². The molecule has 0 bridgehead atoms. The number of rotatable bonds is 3. The lowest BCUT2D eigenvalue weighted by atomic mass is 9.55. The van der Waals surface area contributed by atoms with Crippen LogP contribution in [0.3, 0.4) is 0 Å². The summed E-state index contributed by atoms with van der Waals surface area (Å²) in [5.41, 5.74) is 1.04. The Balaban J connectivity index is 2.03. The Morgan fingerprint density at radius 1 is 0.204 bits per heavy atom. The minimum Gasteiger partial charge on any atom is -0.112 e. The molecule has 49 heavy (non-hydrogen) atoms. The first-order valence-corrected chi connectivity index (χ1v) is 14.6. The zero-order valence-electron chi connectivity index (χ0n) is 26.2. The fraction of sp³-hybridized carbons (Fsp3) is 0. The van der Waals surface area contributed by atoms with Crippen molar-refractivity contribution in [2.24, 2.45) is 0 Å². The van der Waals surface area contributed by atoms with Crippen molar-refractivity contribution < 1.29 is 0 Å².